The predicted molar refractivity (Wildman–Crippen MR) is 74.7 cm³/mol. The van der Waals surface area contributed by atoms with Crippen molar-refractivity contribution >= 4 is 5.82 Å². The van der Waals surface area contributed by atoms with Gasteiger partial charge in [0.15, 0.2) is 0 Å². The molecule has 1 aromatic rings. The first-order valence-corrected chi connectivity index (χ1v) is 6.97. The summed E-state index contributed by atoms with van der Waals surface area (Å²) in [5.41, 5.74) is 6.79. The second-order valence-electron chi connectivity index (χ2n) is 5.49. The second-order valence-corrected chi connectivity index (χ2v) is 5.49. The standard InChI is InChI=1S/C14H24N4/c1-11(2)13-8-14(17-10-16-13)18-7-3-4-12(9-18)5-6-15/h8,10-12H,3-7,9,15H2,1-2H3. The van der Waals surface area contributed by atoms with Crippen molar-refractivity contribution in [2.45, 2.75) is 39.0 Å². The molecule has 1 aromatic heterocycles. The molecule has 2 N–H and O–H groups in total. The maximum atomic E-state index is 5.66. The number of nitrogens with zero attached hydrogens (tertiary/aromatic N) is 3. The van der Waals surface area contributed by atoms with Crippen LogP contribution in [0.1, 0.15) is 44.7 Å². The van der Waals surface area contributed by atoms with Crippen LogP contribution in [0.5, 0.6) is 0 Å². The lowest BCUT2D eigenvalue weighted by molar-refractivity contribution is 0.394. The third kappa shape index (κ3) is 3.19. The molecule has 0 bridgehead atoms. The van der Waals surface area contributed by atoms with E-state index >= 15 is 0 Å². The number of hydrogen-bond donors (Lipinski definition) is 1. The molecule has 1 aliphatic rings. The van der Waals surface area contributed by atoms with Crippen molar-refractivity contribution in [3.05, 3.63) is 18.1 Å². The summed E-state index contributed by atoms with van der Waals surface area (Å²) in [6.07, 6.45) is 5.36. The Balaban J connectivity index is 2.08. The third-order valence-electron chi connectivity index (χ3n) is 3.68. The minimum absolute atomic E-state index is 0.455. The lowest BCUT2D eigenvalue weighted by Crippen LogP contribution is -2.36. The lowest BCUT2D eigenvalue weighted by atomic mass is 9.95. The van der Waals surface area contributed by atoms with E-state index in [1.54, 1.807) is 6.33 Å². The van der Waals surface area contributed by atoms with Gasteiger partial charge in [0.1, 0.15) is 12.1 Å². The van der Waals surface area contributed by atoms with Crippen LogP contribution in [0.2, 0.25) is 0 Å². The number of nitrogens with two attached hydrogens (primary N) is 1. The number of aromatic nitrogens is 2. The van der Waals surface area contributed by atoms with Gasteiger partial charge < -0.3 is 10.6 Å². The van der Waals surface area contributed by atoms with Crippen molar-refractivity contribution in [2.75, 3.05) is 24.5 Å². The zero-order valence-corrected chi connectivity index (χ0v) is 11.5. The average molecular weight is 248 g/mol. The van der Waals surface area contributed by atoms with Gasteiger partial charge in [-0.2, -0.15) is 0 Å². The monoisotopic (exact) mass is 248 g/mol. The minimum Gasteiger partial charge on any atom is -0.356 e. The molecule has 0 radical (unpaired) electrons. The minimum atomic E-state index is 0.455. The molecule has 0 aromatic carbocycles. The zero-order valence-electron chi connectivity index (χ0n) is 11.5. The van der Waals surface area contributed by atoms with Crippen LogP contribution in [0.15, 0.2) is 12.4 Å². The van der Waals surface area contributed by atoms with Crippen molar-refractivity contribution in [3.63, 3.8) is 0 Å². The van der Waals surface area contributed by atoms with E-state index in [1.807, 2.05) is 0 Å². The van der Waals surface area contributed by atoms with Crippen molar-refractivity contribution in [2.24, 2.45) is 11.7 Å². The van der Waals surface area contributed by atoms with Crippen LogP contribution in [-0.4, -0.2) is 29.6 Å². The average Bonchev–Trinajstić information content (AvgIpc) is 2.39. The summed E-state index contributed by atoms with van der Waals surface area (Å²) in [7, 11) is 0. The molecule has 1 fully saturated rings. The van der Waals surface area contributed by atoms with E-state index in [1.165, 1.54) is 12.8 Å². The molecule has 0 amide bonds. The van der Waals surface area contributed by atoms with E-state index in [2.05, 4.69) is 34.8 Å². The fourth-order valence-electron chi connectivity index (χ4n) is 2.59. The molecule has 1 aliphatic heterocycles. The van der Waals surface area contributed by atoms with Crippen LogP contribution in [0.4, 0.5) is 5.82 Å². The van der Waals surface area contributed by atoms with E-state index in [4.69, 9.17) is 5.73 Å². The molecule has 0 saturated carbocycles. The Bertz CT molecular complexity index is 376. The largest absolute Gasteiger partial charge is 0.356 e. The fourth-order valence-corrected chi connectivity index (χ4v) is 2.59. The van der Waals surface area contributed by atoms with Gasteiger partial charge >= 0.3 is 0 Å². The first-order valence-electron chi connectivity index (χ1n) is 6.97. The molecule has 4 heteroatoms. The van der Waals surface area contributed by atoms with Crippen LogP contribution < -0.4 is 10.6 Å². The smallest absolute Gasteiger partial charge is 0.132 e. The van der Waals surface area contributed by atoms with Crippen molar-refractivity contribution in [1.82, 2.24) is 9.97 Å². The lowest BCUT2D eigenvalue weighted by Gasteiger charge is -2.33. The molecule has 18 heavy (non-hydrogen) atoms. The summed E-state index contributed by atoms with van der Waals surface area (Å²) in [5.74, 6) is 2.26. The highest BCUT2D eigenvalue weighted by Gasteiger charge is 2.20. The summed E-state index contributed by atoms with van der Waals surface area (Å²) < 4.78 is 0. The van der Waals surface area contributed by atoms with Gasteiger partial charge in [0.25, 0.3) is 0 Å². The third-order valence-corrected chi connectivity index (χ3v) is 3.68. The van der Waals surface area contributed by atoms with Crippen LogP contribution in [0, 0.1) is 5.92 Å². The normalized spacial score (nSPS) is 20.4. The molecule has 0 spiro atoms. The SMILES string of the molecule is CC(C)c1cc(N2CCCC(CCN)C2)ncn1. The Labute approximate surface area is 110 Å². The molecule has 1 atom stereocenters. The van der Waals surface area contributed by atoms with Gasteiger partial charge in [-0.1, -0.05) is 13.8 Å². The quantitative estimate of drug-likeness (QED) is 0.887. The Morgan fingerprint density at radius 1 is 1.44 bits per heavy atom. The Morgan fingerprint density at radius 2 is 2.28 bits per heavy atom. The highest BCUT2D eigenvalue weighted by molar-refractivity contribution is 5.40. The first-order chi connectivity index (χ1) is 8.70. The number of rotatable bonds is 4. The van der Waals surface area contributed by atoms with Crippen LogP contribution in [0.25, 0.3) is 0 Å². The summed E-state index contributed by atoms with van der Waals surface area (Å²) in [4.78, 5) is 11.1. The highest BCUT2D eigenvalue weighted by atomic mass is 15.2. The van der Waals surface area contributed by atoms with Crippen molar-refractivity contribution in [1.29, 1.82) is 0 Å². The van der Waals surface area contributed by atoms with E-state index in [9.17, 15) is 0 Å². The van der Waals surface area contributed by atoms with Gasteiger partial charge in [-0.3, -0.25) is 0 Å². The molecule has 100 valence electrons. The molecular formula is C14H24N4. The molecule has 1 saturated heterocycles. The van der Waals surface area contributed by atoms with E-state index < -0.39 is 0 Å². The highest BCUT2D eigenvalue weighted by Crippen LogP contribution is 2.24. The van der Waals surface area contributed by atoms with Crippen LogP contribution in [-0.2, 0) is 0 Å². The predicted octanol–water partition coefficient (Wildman–Crippen LogP) is 2.17. The summed E-state index contributed by atoms with van der Waals surface area (Å²) in [6.45, 7) is 7.32. The van der Waals surface area contributed by atoms with Gasteiger partial charge in [0.2, 0.25) is 0 Å². The second kappa shape index (κ2) is 6.14. The van der Waals surface area contributed by atoms with E-state index in [0.29, 0.717) is 5.92 Å². The topological polar surface area (TPSA) is 55.0 Å². The maximum absolute atomic E-state index is 5.66. The van der Waals surface area contributed by atoms with Gasteiger partial charge in [-0.05, 0) is 37.6 Å². The Kier molecular flexibility index (Phi) is 4.53. The van der Waals surface area contributed by atoms with Crippen molar-refractivity contribution in [3.8, 4) is 0 Å². The van der Waals surface area contributed by atoms with Gasteiger partial charge in [0.05, 0.1) is 0 Å². The molecule has 0 aliphatic carbocycles. The molecule has 2 heterocycles. The zero-order chi connectivity index (χ0) is 13.0. The number of hydrogen-bond acceptors (Lipinski definition) is 4. The summed E-state index contributed by atoms with van der Waals surface area (Å²) in [5, 5.41) is 0. The Morgan fingerprint density at radius 3 is 3.00 bits per heavy atom. The van der Waals surface area contributed by atoms with Crippen molar-refractivity contribution < 1.29 is 0 Å². The van der Waals surface area contributed by atoms with E-state index in [0.717, 1.165) is 43.5 Å². The Hall–Kier alpha value is -1.16. The van der Waals surface area contributed by atoms with Gasteiger partial charge in [-0.15, -0.1) is 0 Å². The summed E-state index contributed by atoms with van der Waals surface area (Å²) in [6, 6.07) is 2.13. The first kappa shape index (κ1) is 13.3. The van der Waals surface area contributed by atoms with Crippen LogP contribution in [0.3, 0.4) is 0 Å². The summed E-state index contributed by atoms with van der Waals surface area (Å²) >= 11 is 0. The fraction of sp³-hybridized carbons (Fsp3) is 0.714. The molecule has 4 nitrogen and oxygen atoms in total. The molecular weight excluding hydrogens is 224 g/mol. The number of piperidine rings is 1. The number of anilines is 1. The maximum Gasteiger partial charge on any atom is 0.132 e. The molecule has 1 unspecified atom stereocenters. The van der Waals surface area contributed by atoms with Crippen LogP contribution >= 0.6 is 0 Å². The van der Waals surface area contributed by atoms with E-state index in [-0.39, 0.29) is 0 Å². The van der Waals surface area contributed by atoms with Gasteiger partial charge in [-0.25, -0.2) is 9.97 Å². The molecule has 2 rings (SSSR count). The van der Waals surface area contributed by atoms with Gasteiger partial charge in [0, 0.05) is 24.8 Å².